The first-order valence-corrected chi connectivity index (χ1v) is 7.23. The Morgan fingerprint density at radius 3 is 2.25 bits per heavy atom. The molecular weight excluding hydrogens is 250 g/mol. The molecule has 3 nitrogen and oxygen atoms in total. The minimum absolute atomic E-state index is 0.124. The van der Waals surface area contributed by atoms with Gasteiger partial charge in [-0.1, -0.05) is 43.7 Å². The van der Waals surface area contributed by atoms with Gasteiger partial charge in [-0.25, -0.2) is 0 Å². The molecule has 1 N–H and O–H groups in total. The van der Waals surface area contributed by atoms with Gasteiger partial charge in [-0.3, -0.25) is 9.59 Å². The molecule has 1 atom stereocenters. The van der Waals surface area contributed by atoms with Crippen molar-refractivity contribution in [3.05, 3.63) is 35.9 Å². The number of carbonyl (C=O) groups excluding carboxylic acids is 2. The summed E-state index contributed by atoms with van der Waals surface area (Å²) >= 11 is 0. The van der Waals surface area contributed by atoms with Crippen LogP contribution >= 0.6 is 0 Å². The highest BCUT2D eigenvalue weighted by molar-refractivity contribution is 6.36. The first-order chi connectivity index (χ1) is 9.33. The standard InChI is InChI=1S/C17H25NO2/c1-5-9-14(13-10-7-6-8-11-13)12-15(19)16(20)18-17(2,3)4/h6-8,10-11,14H,5,9,12H2,1-4H3,(H,18,20)/t14-/m1/s1. The largest absolute Gasteiger partial charge is 0.345 e. The predicted octanol–water partition coefficient (Wildman–Crippen LogP) is 3.44. The number of benzene rings is 1. The number of hydrogen-bond donors (Lipinski definition) is 1. The summed E-state index contributed by atoms with van der Waals surface area (Å²) in [5.74, 6) is -0.684. The average molecular weight is 275 g/mol. The molecule has 0 saturated heterocycles. The average Bonchev–Trinajstić information content (AvgIpc) is 2.37. The molecule has 0 heterocycles. The van der Waals surface area contributed by atoms with E-state index in [4.69, 9.17) is 0 Å². The van der Waals surface area contributed by atoms with Crippen molar-refractivity contribution in [1.29, 1.82) is 0 Å². The number of rotatable bonds is 6. The molecule has 0 bridgehead atoms. The van der Waals surface area contributed by atoms with E-state index in [0.29, 0.717) is 0 Å². The van der Waals surface area contributed by atoms with Gasteiger partial charge < -0.3 is 5.32 Å². The van der Waals surface area contributed by atoms with E-state index in [9.17, 15) is 9.59 Å². The minimum Gasteiger partial charge on any atom is -0.345 e. The van der Waals surface area contributed by atoms with Gasteiger partial charge in [0.2, 0.25) is 5.78 Å². The summed E-state index contributed by atoms with van der Waals surface area (Å²) in [5, 5.41) is 2.73. The van der Waals surface area contributed by atoms with Crippen LogP contribution in [0.1, 0.15) is 58.4 Å². The van der Waals surface area contributed by atoms with Crippen LogP contribution in [0, 0.1) is 0 Å². The normalized spacial score (nSPS) is 12.8. The Bertz CT molecular complexity index is 446. The van der Waals surface area contributed by atoms with Crippen LogP contribution < -0.4 is 5.32 Å². The maximum absolute atomic E-state index is 12.1. The zero-order chi connectivity index (χ0) is 15.2. The summed E-state index contributed by atoms with van der Waals surface area (Å²) in [6, 6.07) is 9.95. The first kappa shape index (κ1) is 16.4. The van der Waals surface area contributed by atoms with Crippen LogP contribution in [0.15, 0.2) is 30.3 Å². The topological polar surface area (TPSA) is 46.2 Å². The third-order valence-electron chi connectivity index (χ3n) is 3.08. The number of amides is 1. The SMILES string of the molecule is CCC[C@H](CC(=O)C(=O)NC(C)(C)C)c1ccccc1. The second-order valence-corrected chi connectivity index (χ2v) is 6.23. The van der Waals surface area contributed by atoms with Gasteiger partial charge in [0.1, 0.15) is 0 Å². The van der Waals surface area contributed by atoms with Crippen LogP contribution in [0.4, 0.5) is 0 Å². The number of carbonyl (C=O) groups is 2. The van der Waals surface area contributed by atoms with E-state index in [-0.39, 0.29) is 23.7 Å². The molecule has 0 unspecified atom stereocenters. The highest BCUT2D eigenvalue weighted by Crippen LogP contribution is 2.25. The fourth-order valence-electron chi connectivity index (χ4n) is 2.19. The third kappa shape index (κ3) is 5.55. The molecule has 0 fully saturated rings. The van der Waals surface area contributed by atoms with Crippen molar-refractivity contribution >= 4 is 11.7 Å². The van der Waals surface area contributed by atoms with Crippen LogP contribution in [-0.2, 0) is 9.59 Å². The monoisotopic (exact) mass is 275 g/mol. The highest BCUT2D eigenvalue weighted by atomic mass is 16.2. The van der Waals surface area contributed by atoms with Crippen molar-refractivity contribution in [2.24, 2.45) is 0 Å². The van der Waals surface area contributed by atoms with E-state index in [0.717, 1.165) is 18.4 Å². The van der Waals surface area contributed by atoms with Gasteiger partial charge in [0.25, 0.3) is 5.91 Å². The van der Waals surface area contributed by atoms with Crippen molar-refractivity contribution in [2.75, 3.05) is 0 Å². The maximum Gasteiger partial charge on any atom is 0.287 e. The Morgan fingerprint density at radius 2 is 1.75 bits per heavy atom. The molecular formula is C17H25NO2. The van der Waals surface area contributed by atoms with E-state index in [2.05, 4.69) is 12.2 Å². The van der Waals surface area contributed by atoms with Gasteiger partial charge in [-0.05, 0) is 38.7 Å². The smallest absolute Gasteiger partial charge is 0.287 e. The first-order valence-electron chi connectivity index (χ1n) is 7.23. The molecule has 0 saturated carbocycles. The van der Waals surface area contributed by atoms with Gasteiger partial charge in [0.05, 0.1) is 0 Å². The number of Topliss-reactive ketones (excluding diaryl/α,β-unsaturated/α-hetero) is 1. The molecule has 110 valence electrons. The Kier molecular flexibility index (Phi) is 5.93. The minimum atomic E-state index is -0.477. The summed E-state index contributed by atoms with van der Waals surface area (Å²) in [7, 11) is 0. The predicted molar refractivity (Wildman–Crippen MR) is 81.6 cm³/mol. The van der Waals surface area contributed by atoms with E-state index < -0.39 is 5.91 Å². The lowest BCUT2D eigenvalue weighted by Gasteiger charge is -2.21. The summed E-state index contributed by atoms with van der Waals surface area (Å²) in [4.78, 5) is 23.9. The molecule has 0 radical (unpaired) electrons. The summed E-state index contributed by atoms with van der Waals surface area (Å²) in [6.07, 6.45) is 2.19. The van der Waals surface area contributed by atoms with Crippen LogP contribution in [-0.4, -0.2) is 17.2 Å². The maximum atomic E-state index is 12.1. The lowest BCUT2D eigenvalue weighted by Crippen LogP contribution is -2.44. The second-order valence-electron chi connectivity index (χ2n) is 6.23. The summed E-state index contributed by atoms with van der Waals surface area (Å²) < 4.78 is 0. The fraction of sp³-hybridized carbons (Fsp3) is 0.529. The molecule has 3 heteroatoms. The highest BCUT2D eigenvalue weighted by Gasteiger charge is 2.23. The Hall–Kier alpha value is -1.64. The van der Waals surface area contributed by atoms with E-state index in [1.54, 1.807) is 0 Å². The zero-order valence-corrected chi connectivity index (χ0v) is 12.9. The van der Waals surface area contributed by atoms with Crippen LogP contribution in [0.25, 0.3) is 0 Å². The van der Waals surface area contributed by atoms with Gasteiger partial charge in [-0.15, -0.1) is 0 Å². The van der Waals surface area contributed by atoms with E-state index in [1.807, 2.05) is 51.1 Å². The van der Waals surface area contributed by atoms with Gasteiger partial charge in [0.15, 0.2) is 0 Å². The number of hydrogen-bond acceptors (Lipinski definition) is 2. The van der Waals surface area contributed by atoms with Crippen LogP contribution in [0.2, 0.25) is 0 Å². The zero-order valence-electron chi connectivity index (χ0n) is 12.9. The molecule has 1 aromatic carbocycles. The van der Waals surface area contributed by atoms with Gasteiger partial charge in [0, 0.05) is 12.0 Å². The second kappa shape index (κ2) is 7.22. The van der Waals surface area contributed by atoms with Crippen molar-refractivity contribution in [3.63, 3.8) is 0 Å². The molecule has 0 spiro atoms. The van der Waals surface area contributed by atoms with Crippen molar-refractivity contribution in [1.82, 2.24) is 5.32 Å². The quantitative estimate of drug-likeness (QED) is 0.808. The summed E-state index contributed by atoms with van der Waals surface area (Å²) in [6.45, 7) is 7.71. The van der Waals surface area contributed by atoms with Crippen LogP contribution in [0.3, 0.4) is 0 Å². The Balaban J connectivity index is 2.71. The molecule has 1 amide bonds. The van der Waals surface area contributed by atoms with Crippen molar-refractivity contribution < 1.29 is 9.59 Å². The van der Waals surface area contributed by atoms with E-state index in [1.165, 1.54) is 0 Å². The molecule has 0 aliphatic heterocycles. The van der Waals surface area contributed by atoms with Crippen LogP contribution in [0.5, 0.6) is 0 Å². The Labute approximate surface area is 121 Å². The van der Waals surface area contributed by atoms with Crippen molar-refractivity contribution in [2.45, 2.75) is 58.4 Å². The van der Waals surface area contributed by atoms with Gasteiger partial charge in [-0.2, -0.15) is 0 Å². The van der Waals surface area contributed by atoms with Crippen molar-refractivity contribution in [3.8, 4) is 0 Å². The molecule has 0 aliphatic carbocycles. The number of nitrogens with one attached hydrogen (secondary N) is 1. The third-order valence-corrected chi connectivity index (χ3v) is 3.08. The molecule has 20 heavy (non-hydrogen) atoms. The molecule has 0 aromatic heterocycles. The molecule has 1 aromatic rings. The fourth-order valence-corrected chi connectivity index (χ4v) is 2.19. The lowest BCUT2D eigenvalue weighted by molar-refractivity contribution is -0.139. The van der Waals surface area contributed by atoms with E-state index >= 15 is 0 Å². The molecule has 0 aliphatic rings. The number of ketones is 1. The summed E-state index contributed by atoms with van der Waals surface area (Å²) in [5.41, 5.74) is 0.756. The molecule has 1 rings (SSSR count). The van der Waals surface area contributed by atoms with Gasteiger partial charge >= 0.3 is 0 Å². The Morgan fingerprint density at radius 1 is 1.15 bits per heavy atom. The lowest BCUT2D eigenvalue weighted by atomic mass is 9.89.